The summed E-state index contributed by atoms with van der Waals surface area (Å²) in [6.45, 7) is 14.2. The number of aliphatic hydroxyl groups is 1. The Morgan fingerprint density at radius 2 is 0.511 bits per heavy atom. The molecule has 558 valence electrons. The predicted molar refractivity (Wildman–Crippen MR) is 381 cm³/mol. The van der Waals surface area contributed by atoms with E-state index in [0.717, 1.165) is 120 Å². The molecule has 0 saturated heterocycles. The molecular weight excluding hydrogens is 1230 g/mol. The van der Waals surface area contributed by atoms with Gasteiger partial charge in [0.25, 0.3) is 0 Å². The summed E-state index contributed by atoms with van der Waals surface area (Å²) >= 11 is 0. The molecule has 0 aliphatic carbocycles. The van der Waals surface area contributed by atoms with Crippen molar-refractivity contribution in [3.05, 3.63) is 0 Å². The van der Waals surface area contributed by atoms with E-state index in [-0.39, 0.29) is 25.7 Å². The summed E-state index contributed by atoms with van der Waals surface area (Å²) < 4.78 is 68.5. The maximum Gasteiger partial charge on any atom is 0.472 e. The standard InChI is InChI=1S/C75H146O17P2/c1-9-67(7)53-45-37-29-22-18-13-11-12-14-20-24-31-41-49-57-74(79)91-71(62-86-73(78)56-48-40-34-33-38-46-54-68(8)10-2)64-90-94(83,84)88-60-69(76)59-87-93(81,82)89-63-70(92-75(80)58-50-42-32-26-25-28-36-44-52-66(5)6)61-85-72(77)55-47-39-30-23-19-16-15-17-21-27-35-43-51-65(3)4/h65-71,76H,9-64H2,1-8H3,(H,81,82)(H,83,84)/t67?,68?,69-,70-,71-/m1/s1. The van der Waals surface area contributed by atoms with Crippen LogP contribution in [0.15, 0.2) is 0 Å². The van der Waals surface area contributed by atoms with Crippen molar-refractivity contribution in [1.29, 1.82) is 0 Å². The van der Waals surface area contributed by atoms with Gasteiger partial charge in [0.2, 0.25) is 0 Å². The van der Waals surface area contributed by atoms with Gasteiger partial charge in [-0.05, 0) is 49.4 Å². The summed E-state index contributed by atoms with van der Waals surface area (Å²) in [6.07, 6.45) is 48.6. The molecule has 0 aromatic rings. The summed E-state index contributed by atoms with van der Waals surface area (Å²) in [4.78, 5) is 72.7. The minimum atomic E-state index is -4.96. The number of ether oxygens (including phenoxy) is 4. The topological polar surface area (TPSA) is 237 Å². The van der Waals surface area contributed by atoms with Crippen LogP contribution in [0.3, 0.4) is 0 Å². The number of rotatable bonds is 72. The van der Waals surface area contributed by atoms with Crippen LogP contribution in [0.4, 0.5) is 0 Å². The van der Waals surface area contributed by atoms with E-state index in [1.54, 1.807) is 0 Å². The van der Waals surface area contributed by atoms with Gasteiger partial charge in [-0.1, -0.05) is 325 Å². The molecule has 0 fully saturated rings. The largest absolute Gasteiger partial charge is 0.472 e. The third-order valence-electron chi connectivity index (χ3n) is 18.0. The van der Waals surface area contributed by atoms with Crippen LogP contribution in [0.25, 0.3) is 0 Å². The van der Waals surface area contributed by atoms with Crippen LogP contribution in [0, 0.1) is 23.7 Å². The minimum Gasteiger partial charge on any atom is -0.462 e. The van der Waals surface area contributed by atoms with Gasteiger partial charge in [-0.3, -0.25) is 37.3 Å². The van der Waals surface area contributed by atoms with Crippen LogP contribution in [0.1, 0.15) is 376 Å². The second kappa shape index (κ2) is 64.4. The quantitative estimate of drug-likeness (QED) is 0.0222. The van der Waals surface area contributed by atoms with Crippen molar-refractivity contribution in [2.75, 3.05) is 39.6 Å². The van der Waals surface area contributed by atoms with Gasteiger partial charge in [0.1, 0.15) is 19.3 Å². The van der Waals surface area contributed by atoms with Crippen molar-refractivity contribution in [3.63, 3.8) is 0 Å². The van der Waals surface area contributed by atoms with Gasteiger partial charge in [0.05, 0.1) is 26.4 Å². The van der Waals surface area contributed by atoms with Gasteiger partial charge in [0.15, 0.2) is 12.2 Å². The van der Waals surface area contributed by atoms with Crippen molar-refractivity contribution in [1.82, 2.24) is 0 Å². The number of aliphatic hydroxyl groups excluding tert-OH is 1. The van der Waals surface area contributed by atoms with Gasteiger partial charge in [-0.15, -0.1) is 0 Å². The third kappa shape index (κ3) is 66.0. The molecule has 0 aromatic carbocycles. The van der Waals surface area contributed by atoms with E-state index in [4.69, 9.17) is 37.0 Å². The van der Waals surface area contributed by atoms with Crippen molar-refractivity contribution in [2.45, 2.75) is 395 Å². The molecule has 17 nitrogen and oxygen atoms in total. The number of unbranched alkanes of at least 4 members (excludes halogenated alkanes) is 36. The molecule has 94 heavy (non-hydrogen) atoms. The molecule has 7 atom stereocenters. The van der Waals surface area contributed by atoms with Gasteiger partial charge in [0, 0.05) is 25.7 Å². The van der Waals surface area contributed by atoms with Gasteiger partial charge in [-0.2, -0.15) is 0 Å². The molecule has 0 rings (SSSR count). The Morgan fingerprint density at radius 3 is 0.755 bits per heavy atom. The molecule has 0 aliphatic heterocycles. The highest BCUT2D eigenvalue weighted by Gasteiger charge is 2.30. The first kappa shape index (κ1) is 92.1. The number of hydrogen-bond donors (Lipinski definition) is 3. The molecule has 0 bridgehead atoms. The number of hydrogen-bond acceptors (Lipinski definition) is 15. The molecule has 0 amide bonds. The number of esters is 4. The second-order valence-corrected chi connectivity index (χ2v) is 31.4. The van der Waals surface area contributed by atoms with Crippen molar-refractivity contribution in [3.8, 4) is 0 Å². The fourth-order valence-corrected chi connectivity index (χ4v) is 12.9. The fraction of sp³-hybridized carbons (Fsp3) is 0.947. The first-order chi connectivity index (χ1) is 45.2. The van der Waals surface area contributed by atoms with Crippen LogP contribution < -0.4 is 0 Å². The summed E-state index contributed by atoms with van der Waals surface area (Å²) in [5.41, 5.74) is 0. The van der Waals surface area contributed by atoms with E-state index in [1.807, 2.05) is 0 Å². The highest BCUT2D eigenvalue weighted by molar-refractivity contribution is 7.47. The summed E-state index contributed by atoms with van der Waals surface area (Å²) in [7, 11) is -9.91. The van der Waals surface area contributed by atoms with Crippen molar-refractivity contribution < 1.29 is 80.2 Å². The zero-order chi connectivity index (χ0) is 69.6. The zero-order valence-electron chi connectivity index (χ0n) is 61.6. The maximum atomic E-state index is 13.1. The Bertz CT molecular complexity index is 1850. The minimum absolute atomic E-state index is 0.104. The molecule has 0 saturated carbocycles. The average molecular weight is 1380 g/mol. The van der Waals surface area contributed by atoms with Gasteiger partial charge >= 0.3 is 39.5 Å². The smallest absolute Gasteiger partial charge is 0.462 e. The molecule has 4 unspecified atom stereocenters. The lowest BCUT2D eigenvalue weighted by molar-refractivity contribution is -0.161. The lowest BCUT2D eigenvalue weighted by Crippen LogP contribution is -2.30. The SMILES string of the molecule is CCC(C)CCCCCCCCCCCCCCCCC(=O)O[C@H](COC(=O)CCCCCCCCC(C)CC)COP(=O)(O)OC[C@H](O)COP(=O)(O)OC[C@@H](COC(=O)CCCCCCCCCCCCCCC(C)C)OC(=O)CCCCCCCCCCC(C)C. The van der Waals surface area contributed by atoms with E-state index in [0.29, 0.717) is 25.7 Å². The Hall–Kier alpha value is -1.94. The average Bonchev–Trinajstić information content (AvgIpc) is 1.28. The molecule has 0 spiro atoms. The van der Waals surface area contributed by atoms with Gasteiger partial charge in [-0.25, -0.2) is 9.13 Å². The van der Waals surface area contributed by atoms with Crippen LogP contribution in [0.5, 0.6) is 0 Å². The monoisotopic (exact) mass is 1380 g/mol. The van der Waals surface area contributed by atoms with Gasteiger partial charge < -0.3 is 33.8 Å². The number of carbonyl (C=O) groups excluding carboxylic acids is 4. The summed E-state index contributed by atoms with van der Waals surface area (Å²) in [6, 6.07) is 0. The second-order valence-electron chi connectivity index (χ2n) is 28.5. The Balaban J connectivity index is 5.22. The molecule has 3 N–H and O–H groups in total. The van der Waals surface area contributed by atoms with E-state index >= 15 is 0 Å². The fourth-order valence-electron chi connectivity index (χ4n) is 11.3. The van der Waals surface area contributed by atoms with Crippen molar-refractivity contribution in [2.24, 2.45) is 23.7 Å². The normalized spacial score (nSPS) is 14.7. The van der Waals surface area contributed by atoms with Crippen LogP contribution >= 0.6 is 15.6 Å². The molecule has 0 heterocycles. The maximum absolute atomic E-state index is 13.1. The number of phosphoric acid groups is 2. The van der Waals surface area contributed by atoms with Crippen LogP contribution in [-0.4, -0.2) is 96.7 Å². The van der Waals surface area contributed by atoms with E-state index < -0.39 is 97.5 Å². The van der Waals surface area contributed by atoms with Crippen molar-refractivity contribution >= 4 is 39.5 Å². The Labute approximate surface area is 575 Å². The summed E-state index contributed by atoms with van der Waals surface area (Å²) in [5, 5.41) is 10.6. The third-order valence-corrected chi connectivity index (χ3v) is 19.9. The molecule has 0 aromatic heterocycles. The molecule has 0 aliphatic rings. The highest BCUT2D eigenvalue weighted by Crippen LogP contribution is 2.45. The molecular formula is C75H146O17P2. The lowest BCUT2D eigenvalue weighted by atomic mass is 9.99. The molecule has 19 heteroatoms. The Kier molecular flexibility index (Phi) is 63.1. The number of phosphoric ester groups is 2. The highest BCUT2D eigenvalue weighted by atomic mass is 31.2. The van der Waals surface area contributed by atoms with E-state index in [9.17, 15) is 43.2 Å². The van der Waals surface area contributed by atoms with Crippen LogP contribution in [0.2, 0.25) is 0 Å². The molecule has 0 radical (unpaired) electrons. The van der Waals surface area contributed by atoms with E-state index in [2.05, 4.69) is 55.4 Å². The first-order valence-electron chi connectivity index (χ1n) is 38.8. The predicted octanol–water partition coefficient (Wildman–Crippen LogP) is 21.7. The lowest BCUT2D eigenvalue weighted by Gasteiger charge is -2.21. The van der Waals surface area contributed by atoms with E-state index in [1.165, 1.54) is 173 Å². The Morgan fingerprint density at radius 1 is 0.298 bits per heavy atom. The summed E-state index contributed by atoms with van der Waals surface area (Å²) in [5.74, 6) is 0.952. The number of carbonyl (C=O) groups is 4. The van der Waals surface area contributed by atoms with Crippen LogP contribution in [-0.2, 0) is 65.4 Å². The zero-order valence-corrected chi connectivity index (χ0v) is 63.4. The first-order valence-corrected chi connectivity index (χ1v) is 41.8.